The Morgan fingerprint density at radius 3 is 2.41 bits per heavy atom. The minimum absolute atomic E-state index is 0.146. The van der Waals surface area contributed by atoms with Crippen molar-refractivity contribution in [3.8, 4) is 0 Å². The molecule has 0 aromatic rings. The Bertz CT molecular complexity index is 318. The first-order chi connectivity index (χ1) is 7.70. The molecule has 1 saturated heterocycles. The maximum Gasteiger partial charge on any atom is 0.389 e. The zero-order valence-electron chi connectivity index (χ0n) is 8.78. The molecule has 1 fully saturated rings. The number of carbonyl (C=O) groups excluding carboxylic acids is 1. The molecule has 1 rings (SSSR count). The lowest BCUT2D eigenvalue weighted by molar-refractivity contribution is -0.154. The Balaban J connectivity index is 2.59. The van der Waals surface area contributed by atoms with E-state index in [0.717, 1.165) is 4.90 Å². The fourth-order valence-electron chi connectivity index (χ4n) is 1.72. The predicted molar refractivity (Wildman–Crippen MR) is 49.0 cm³/mol. The number of carboxylic acid groups (broad SMARTS) is 1. The molecule has 0 unspecified atom stereocenters. The minimum atomic E-state index is -4.45. The van der Waals surface area contributed by atoms with Gasteiger partial charge in [-0.25, -0.2) is 4.79 Å². The number of hydrogen-bond donors (Lipinski definition) is 2. The van der Waals surface area contributed by atoms with Gasteiger partial charge in [-0.05, 0) is 0 Å². The number of rotatable bonds is 3. The number of carbonyl (C=O) groups is 2. The van der Waals surface area contributed by atoms with Gasteiger partial charge in [0, 0.05) is 19.4 Å². The van der Waals surface area contributed by atoms with E-state index in [9.17, 15) is 27.9 Å². The van der Waals surface area contributed by atoms with E-state index >= 15 is 0 Å². The number of aliphatic hydroxyl groups excluding tert-OH is 1. The maximum atomic E-state index is 11.9. The highest BCUT2D eigenvalue weighted by atomic mass is 19.4. The van der Waals surface area contributed by atoms with Crippen LogP contribution in [-0.4, -0.2) is 51.9 Å². The minimum Gasteiger partial charge on any atom is -0.480 e. The number of amides is 1. The molecule has 5 nitrogen and oxygen atoms in total. The molecule has 0 saturated carbocycles. The first-order valence-electron chi connectivity index (χ1n) is 4.98. The average Bonchev–Trinajstić information content (AvgIpc) is 2.55. The Hall–Kier alpha value is -1.31. The summed E-state index contributed by atoms with van der Waals surface area (Å²) in [7, 11) is 0. The van der Waals surface area contributed by atoms with Crippen molar-refractivity contribution >= 4 is 11.9 Å². The predicted octanol–water partition coefficient (Wildman–Crippen LogP) is 0.375. The molecular formula is C9H12F3NO4. The Labute approximate surface area is 94.8 Å². The molecule has 0 spiro atoms. The van der Waals surface area contributed by atoms with Gasteiger partial charge in [0.1, 0.15) is 6.04 Å². The summed E-state index contributed by atoms with van der Waals surface area (Å²) < 4.78 is 35.7. The van der Waals surface area contributed by atoms with Crippen molar-refractivity contribution in [1.29, 1.82) is 0 Å². The van der Waals surface area contributed by atoms with Crippen LogP contribution in [-0.2, 0) is 9.59 Å². The molecule has 1 aliphatic rings. The third-order valence-electron chi connectivity index (χ3n) is 2.51. The highest BCUT2D eigenvalue weighted by Gasteiger charge is 2.39. The second kappa shape index (κ2) is 4.91. The van der Waals surface area contributed by atoms with Crippen LogP contribution in [0.15, 0.2) is 0 Å². The average molecular weight is 255 g/mol. The van der Waals surface area contributed by atoms with E-state index in [1.54, 1.807) is 0 Å². The lowest BCUT2D eigenvalue weighted by atomic mass is 10.2. The van der Waals surface area contributed by atoms with Crippen LogP contribution in [0.2, 0.25) is 0 Å². The maximum absolute atomic E-state index is 11.9. The van der Waals surface area contributed by atoms with Gasteiger partial charge in [-0.15, -0.1) is 0 Å². The van der Waals surface area contributed by atoms with Gasteiger partial charge in [-0.2, -0.15) is 13.2 Å². The Kier molecular flexibility index (Phi) is 3.97. The zero-order chi connectivity index (χ0) is 13.2. The third-order valence-corrected chi connectivity index (χ3v) is 2.51. The van der Waals surface area contributed by atoms with E-state index in [1.807, 2.05) is 0 Å². The van der Waals surface area contributed by atoms with Gasteiger partial charge in [-0.3, -0.25) is 4.79 Å². The van der Waals surface area contributed by atoms with E-state index in [0.29, 0.717) is 0 Å². The van der Waals surface area contributed by atoms with Crippen molar-refractivity contribution in [3.05, 3.63) is 0 Å². The summed E-state index contributed by atoms with van der Waals surface area (Å²) in [4.78, 5) is 22.9. The number of aliphatic hydroxyl groups is 1. The lowest BCUT2D eigenvalue weighted by Crippen LogP contribution is -2.40. The first kappa shape index (κ1) is 13.8. The number of likely N-dealkylation sites (tertiary alicyclic amines) is 1. The topological polar surface area (TPSA) is 77.8 Å². The molecular weight excluding hydrogens is 243 g/mol. The summed E-state index contributed by atoms with van der Waals surface area (Å²) in [6, 6.07) is -1.23. The standard InChI is InChI=1S/C9H12F3NO4/c10-9(11,12)2-1-7(15)13-4-5(14)3-6(13)8(16)17/h5-6,14H,1-4H2,(H,16,17)/t5-,6-/m1/s1. The van der Waals surface area contributed by atoms with Crippen LogP contribution in [0.5, 0.6) is 0 Å². The van der Waals surface area contributed by atoms with Gasteiger partial charge in [-0.1, -0.05) is 0 Å². The SMILES string of the molecule is O=C(O)[C@H]1C[C@@H](O)CN1C(=O)CCC(F)(F)F. The monoisotopic (exact) mass is 255 g/mol. The smallest absolute Gasteiger partial charge is 0.389 e. The fraction of sp³-hybridized carbons (Fsp3) is 0.778. The molecule has 1 amide bonds. The summed E-state index contributed by atoms with van der Waals surface area (Å²) in [5.74, 6) is -2.21. The molecule has 98 valence electrons. The summed E-state index contributed by atoms with van der Waals surface area (Å²) >= 11 is 0. The van der Waals surface area contributed by atoms with Gasteiger partial charge >= 0.3 is 12.1 Å². The van der Waals surface area contributed by atoms with E-state index in [2.05, 4.69) is 0 Å². The molecule has 8 heteroatoms. The van der Waals surface area contributed by atoms with Crippen molar-refractivity contribution in [2.24, 2.45) is 0 Å². The molecule has 0 bridgehead atoms. The van der Waals surface area contributed by atoms with Gasteiger partial charge in [0.25, 0.3) is 0 Å². The summed E-state index contributed by atoms with van der Waals surface area (Å²) in [5.41, 5.74) is 0. The van der Waals surface area contributed by atoms with E-state index in [1.165, 1.54) is 0 Å². The molecule has 2 atom stereocenters. The second-order valence-corrected chi connectivity index (χ2v) is 3.90. The highest BCUT2D eigenvalue weighted by molar-refractivity contribution is 5.84. The Morgan fingerprint density at radius 2 is 1.94 bits per heavy atom. The highest BCUT2D eigenvalue weighted by Crippen LogP contribution is 2.24. The molecule has 1 heterocycles. The van der Waals surface area contributed by atoms with Gasteiger partial charge in [0.05, 0.1) is 12.5 Å². The van der Waals surface area contributed by atoms with E-state index in [-0.39, 0.29) is 13.0 Å². The van der Waals surface area contributed by atoms with Crippen LogP contribution < -0.4 is 0 Å². The molecule has 1 aliphatic heterocycles. The molecule has 2 N–H and O–H groups in total. The van der Waals surface area contributed by atoms with E-state index < -0.39 is 43.0 Å². The van der Waals surface area contributed by atoms with Crippen LogP contribution in [0.25, 0.3) is 0 Å². The number of β-amino-alcohol motifs (C(OH)–C–C–N with tert-alkyl or cyclic N) is 1. The zero-order valence-corrected chi connectivity index (χ0v) is 8.78. The number of nitrogens with zero attached hydrogens (tertiary/aromatic N) is 1. The fourth-order valence-corrected chi connectivity index (χ4v) is 1.72. The molecule has 0 aromatic carbocycles. The van der Waals surface area contributed by atoms with Crippen LogP contribution in [0.1, 0.15) is 19.3 Å². The van der Waals surface area contributed by atoms with Crippen LogP contribution in [0.3, 0.4) is 0 Å². The lowest BCUT2D eigenvalue weighted by Gasteiger charge is -2.21. The van der Waals surface area contributed by atoms with Crippen molar-refractivity contribution in [2.45, 2.75) is 37.6 Å². The summed E-state index contributed by atoms with van der Waals surface area (Å²) in [5, 5.41) is 18.0. The summed E-state index contributed by atoms with van der Waals surface area (Å²) in [6.07, 6.45) is -7.67. The molecule has 0 aliphatic carbocycles. The van der Waals surface area contributed by atoms with Gasteiger partial charge in [0.15, 0.2) is 0 Å². The van der Waals surface area contributed by atoms with Gasteiger partial charge < -0.3 is 15.1 Å². The van der Waals surface area contributed by atoms with Crippen LogP contribution in [0.4, 0.5) is 13.2 Å². The van der Waals surface area contributed by atoms with Crippen molar-refractivity contribution in [3.63, 3.8) is 0 Å². The molecule has 17 heavy (non-hydrogen) atoms. The number of alkyl halides is 3. The van der Waals surface area contributed by atoms with Crippen molar-refractivity contribution in [2.75, 3.05) is 6.54 Å². The van der Waals surface area contributed by atoms with Crippen molar-refractivity contribution in [1.82, 2.24) is 4.90 Å². The molecule has 0 aromatic heterocycles. The second-order valence-electron chi connectivity index (χ2n) is 3.90. The molecule has 0 radical (unpaired) electrons. The largest absolute Gasteiger partial charge is 0.480 e. The number of carboxylic acids is 1. The summed E-state index contributed by atoms with van der Waals surface area (Å²) in [6.45, 7) is -0.229. The van der Waals surface area contributed by atoms with Gasteiger partial charge in [0.2, 0.25) is 5.91 Å². The third kappa shape index (κ3) is 3.88. The normalized spacial score (nSPS) is 25.1. The first-order valence-corrected chi connectivity index (χ1v) is 4.98. The van der Waals surface area contributed by atoms with Crippen LogP contribution in [0, 0.1) is 0 Å². The van der Waals surface area contributed by atoms with Crippen LogP contribution >= 0.6 is 0 Å². The quantitative estimate of drug-likeness (QED) is 0.764. The van der Waals surface area contributed by atoms with Crippen molar-refractivity contribution < 1.29 is 33.0 Å². The number of halogens is 3. The van der Waals surface area contributed by atoms with E-state index in [4.69, 9.17) is 5.11 Å². The Morgan fingerprint density at radius 1 is 1.35 bits per heavy atom. The number of aliphatic carboxylic acids is 1. The number of hydrogen-bond acceptors (Lipinski definition) is 3.